The van der Waals surface area contributed by atoms with Gasteiger partial charge in [-0.25, -0.2) is 0 Å². The molecular weight excluding hydrogens is 235 g/mol. The Morgan fingerprint density at radius 1 is 1.67 bits per heavy atom. The minimum Gasteiger partial charge on any atom is -0.493 e. The van der Waals surface area contributed by atoms with Crippen molar-refractivity contribution >= 4 is 5.90 Å². The zero-order chi connectivity index (χ0) is 8.27. The number of nitrogens with one attached hydrogen (secondary N) is 1. The van der Waals surface area contributed by atoms with Gasteiger partial charge in [-0.3, -0.25) is 5.41 Å². The molecule has 0 amide bonds. The first-order valence-electron chi connectivity index (χ1n) is 2.89. The number of nitrogens with zero attached hydrogens (tertiary/aromatic N) is 2. The zero-order valence-corrected chi connectivity index (χ0v) is 9.32. The maximum absolute atomic E-state index is 8.77. The van der Waals surface area contributed by atoms with Crippen LogP contribution in [0.1, 0.15) is 5.56 Å². The molecule has 1 aromatic heterocycles. The Morgan fingerprint density at radius 3 is 2.75 bits per heavy atom. The Hall–Kier alpha value is -0.546. The van der Waals surface area contributed by atoms with E-state index in [0.717, 1.165) is 0 Å². The Balaban J connectivity index is 0.00000121. The van der Waals surface area contributed by atoms with E-state index in [9.17, 15) is 0 Å². The van der Waals surface area contributed by atoms with E-state index in [2.05, 4.69) is 10.2 Å². The summed E-state index contributed by atoms with van der Waals surface area (Å²) in [7, 11) is 1.40. The summed E-state index contributed by atoms with van der Waals surface area (Å²) in [5, 5.41) is 22.7. The summed E-state index contributed by atoms with van der Waals surface area (Å²) in [5.74, 6) is -0.420. The van der Waals surface area contributed by atoms with Gasteiger partial charge in [-0.15, -0.1) is 5.10 Å². The van der Waals surface area contributed by atoms with Crippen LogP contribution in [-0.4, -0.2) is 28.3 Å². The van der Waals surface area contributed by atoms with Crippen molar-refractivity contribution in [3.63, 3.8) is 0 Å². The molecule has 12 heavy (non-hydrogen) atoms. The second-order valence-electron chi connectivity index (χ2n) is 1.80. The number of ether oxygens (including phenoxy) is 1. The number of aliphatic hydroxyl groups is 1. The first-order chi connectivity index (χ1) is 5.25. The van der Waals surface area contributed by atoms with Crippen LogP contribution in [0, 0.1) is 5.41 Å². The van der Waals surface area contributed by atoms with Gasteiger partial charge in [0, 0.05) is 32.7 Å². The van der Waals surface area contributed by atoms with Gasteiger partial charge in [-0.1, -0.05) is 0 Å². The molecule has 2 N–H and O–H groups in total. The van der Waals surface area contributed by atoms with Crippen LogP contribution in [0.4, 0.5) is 0 Å². The van der Waals surface area contributed by atoms with Crippen molar-refractivity contribution < 1.29 is 42.6 Å². The molecule has 0 aliphatic heterocycles. The van der Waals surface area contributed by atoms with Crippen molar-refractivity contribution in [2.24, 2.45) is 0 Å². The Kier molecular flexibility index (Phi) is 4.93. The smallest absolute Gasteiger partial charge is 0.245 e. The fraction of sp³-hybridized carbons (Fsp3) is 0.167. The number of aromatic nitrogens is 2. The largest absolute Gasteiger partial charge is 0.493 e. The summed E-state index contributed by atoms with van der Waals surface area (Å²) < 4.78 is 4.73. The summed E-state index contributed by atoms with van der Waals surface area (Å²) in [4.78, 5) is 0. The molecule has 0 aliphatic carbocycles. The number of methoxy groups -OCH3 is 1. The van der Waals surface area contributed by atoms with E-state index < -0.39 is 5.90 Å². The fourth-order valence-electron chi connectivity index (χ4n) is 0.650. The molecule has 5 nitrogen and oxygen atoms in total. The van der Waals surface area contributed by atoms with Gasteiger partial charge in [0.2, 0.25) is 11.8 Å². The summed E-state index contributed by atoms with van der Waals surface area (Å²) >= 11 is 0. The molecule has 0 bridgehead atoms. The SMILES string of the molecule is COc1nnccc1C(=N)O.[Y]. The summed E-state index contributed by atoms with van der Waals surface area (Å²) in [6.45, 7) is 0. The summed E-state index contributed by atoms with van der Waals surface area (Å²) in [6.07, 6.45) is 1.38. The average Bonchev–Trinajstić information content (AvgIpc) is 2.04. The third-order valence-electron chi connectivity index (χ3n) is 1.14. The second-order valence-corrected chi connectivity index (χ2v) is 1.80. The fourth-order valence-corrected chi connectivity index (χ4v) is 0.650. The van der Waals surface area contributed by atoms with Crippen LogP contribution < -0.4 is 4.74 Å². The zero-order valence-electron chi connectivity index (χ0n) is 6.48. The number of hydrogen-bond acceptors (Lipinski definition) is 4. The molecule has 0 saturated heterocycles. The molecule has 0 fully saturated rings. The van der Waals surface area contributed by atoms with Crippen LogP contribution in [0.2, 0.25) is 0 Å². The van der Waals surface area contributed by atoms with Crippen molar-refractivity contribution in [3.05, 3.63) is 17.8 Å². The van der Waals surface area contributed by atoms with Crippen LogP contribution in [0.15, 0.2) is 12.3 Å². The van der Waals surface area contributed by atoms with E-state index in [1.165, 1.54) is 19.4 Å². The van der Waals surface area contributed by atoms with E-state index in [4.69, 9.17) is 15.3 Å². The number of rotatable bonds is 2. The quantitative estimate of drug-likeness (QED) is 0.579. The molecule has 1 rings (SSSR count). The van der Waals surface area contributed by atoms with E-state index >= 15 is 0 Å². The maximum Gasteiger partial charge on any atom is 0.245 e. The Labute approximate surface area is 94.5 Å². The summed E-state index contributed by atoms with van der Waals surface area (Å²) in [5.41, 5.74) is 0.238. The molecule has 61 valence electrons. The number of hydrogen-bond donors (Lipinski definition) is 2. The van der Waals surface area contributed by atoms with E-state index in [1.807, 2.05) is 0 Å². The van der Waals surface area contributed by atoms with Gasteiger partial charge in [-0.05, 0) is 6.07 Å². The molecule has 0 aromatic carbocycles. The number of aliphatic hydroxyl groups excluding tert-OH is 1. The molecule has 0 saturated carbocycles. The first-order valence-corrected chi connectivity index (χ1v) is 2.89. The average molecular weight is 242 g/mol. The van der Waals surface area contributed by atoms with Crippen LogP contribution in [0.5, 0.6) is 5.88 Å². The van der Waals surface area contributed by atoms with Crippen LogP contribution in [0.25, 0.3) is 0 Å². The van der Waals surface area contributed by atoms with Crippen molar-refractivity contribution in [2.75, 3.05) is 7.11 Å². The monoisotopic (exact) mass is 242 g/mol. The molecule has 0 atom stereocenters. The normalized spacial score (nSPS) is 8.42. The van der Waals surface area contributed by atoms with Crippen LogP contribution in [0.3, 0.4) is 0 Å². The first kappa shape index (κ1) is 11.5. The van der Waals surface area contributed by atoms with E-state index in [0.29, 0.717) is 0 Å². The topological polar surface area (TPSA) is 79.1 Å². The molecule has 1 heterocycles. The Morgan fingerprint density at radius 2 is 2.33 bits per heavy atom. The van der Waals surface area contributed by atoms with Gasteiger partial charge in [0.15, 0.2) is 0 Å². The minimum absolute atomic E-state index is 0. The van der Waals surface area contributed by atoms with Crippen LogP contribution >= 0.6 is 0 Å². The van der Waals surface area contributed by atoms with Gasteiger partial charge in [0.25, 0.3) is 0 Å². The van der Waals surface area contributed by atoms with Crippen LogP contribution in [-0.2, 0) is 32.7 Å². The predicted octanol–water partition coefficient (Wildman–Crippen LogP) is 0.366. The molecular formula is C6H7N3O2Y. The second kappa shape index (κ2) is 5.16. The molecule has 0 aliphatic rings. The predicted molar refractivity (Wildman–Crippen MR) is 38.0 cm³/mol. The summed E-state index contributed by atoms with van der Waals surface area (Å²) in [6, 6.07) is 1.45. The van der Waals surface area contributed by atoms with Gasteiger partial charge >= 0.3 is 0 Å². The third-order valence-corrected chi connectivity index (χ3v) is 1.14. The van der Waals surface area contributed by atoms with Gasteiger partial charge in [0.05, 0.1) is 13.3 Å². The maximum atomic E-state index is 8.77. The van der Waals surface area contributed by atoms with Gasteiger partial charge in [-0.2, -0.15) is 5.10 Å². The minimum atomic E-state index is -0.572. The van der Waals surface area contributed by atoms with E-state index in [-0.39, 0.29) is 44.2 Å². The molecule has 1 aromatic rings. The van der Waals surface area contributed by atoms with Crippen molar-refractivity contribution in [1.82, 2.24) is 10.2 Å². The van der Waals surface area contributed by atoms with Crippen molar-refractivity contribution in [2.45, 2.75) is 0 Å². The van der Waals surface area contributed by atoms with Gasteiger partial charge < -0.3 is 9.84 Å². The van der Waals surface area contributed by atoms with Gasteiger partial charge in [0.1, 0.15) is 5.56 Å². The van der Waals surface area contributed by atoms with E-state index in [1.54, 1.807) is 0 Å². The molecule has 0 unspecified atom stereocenters. The molecule has 1 radical (unpaired) electrons. The third kappa shape index (κ3) is 2.50. The Bertz CT molecular complexity index is 279. The molecule has 0 spiro atoms. The molecule has 6 heteroatoms. The van der Waals surface area contributed by atoms with Crippen molar-refractivity contribution in [1.29, 1.82) is 5.41 Å². The standard InChI is InChI=1S/C6H7N3O2.Y/c1-11-6-4(5(7)10)2-3-8-9-6;/h2-3H,1H3,(H2,7,10);. The van der Waals surface area contributed by atoms with Crippen molar-refractivity contribution in [3.8, 4) is 5.88 Å².